The first-order valence-corrected chi connectivity index (χ1v) is 10.8. The Labute approximate surface area is 196 Å². The molecule has 0 aliphatic carbocycles. The Morgan fingerprint density at radius 3 is 2.30 bits per heavy atom. The normalized spacial score (nSPS) is 17.3. The van der Waals surface area contributed by atoms with Crippen LogP contribution in [0.15, 0.2) is 78.4 Å². The summed E-state index contributed by atoms with van der Waals surface area (Å²) in [7, 11) is 1.47. The summed E-state index contributed by atoms with van der Waals surface area (Å²) in [5, 5.41) is 11.8. The number of hydrogen-bond donors (Lipinski definition) is 1. The van der Waals surface area contributed by atoms with E-state index in [9.17, 15) is 14.7 Å². The lowest BCUT2D eigenvalue weighted by molar-refractivity contribution is -0.132. The summed E-state index contributed by atoms with van der Waals surface area (Å²) in [4.78, 5) is 27.8. The molecule has 7 heteroatoms. The molecular formula is C26H22ClNO5. The van der Waals surface area contributed by atoms with E-state index < -0.39 is 17.7 Å². The summed E-state index contributed by atoms with van der Waals surface area (Å²) in [5.41, 5.74) is 1.42. The first-order chi connectivity index (χ1) is 16.0. The number of nitrogens with zero attached hydrogens (tertiary/aromatic N) is 1. The second-order valence-corrected chi connectivity index (χ2v) is 7.78. The fraction of sp³-hybridized carbons (Fsp3) is 0.154. The molecule has 0 radical (unpaired) electrons. The van der Waals surface area contributed by atoms with Crippen molar-refractivity contribution in [1.29, 1.82) is 0 Å². The molecule has 1 aliphatic heterocycles. The number of rotatable bonds is 6. The number of para-hydroxylation sites is 1. The van der Waals surface area contributed by atoms with Gasteiger partial charge in [0.2, 0.25) is 0 Å². The summed E-state index contributed by atoms with van der Waals surface area (Å²) in [6.07, 6.45) is 0. The van der Waals surface area contributed by atoms with Crippen LogP contribution in [0.3, 0.4) is 0 Å². The molecule has 0 bridgehead atoms. The van der Waals surface area contributed by atoms with E-state index in [1.54, 1.807) is 72.8 Å². The average molecular weight is 464 g/mol. The lowest BCUT2D eigenvalue weighted by Gasteiger charge is -2.25. The molecule has 3 aromatic carbocycles. The standard InChI is InChI=1S/C26H22ClNO5/c1-3-33-19-14-12-18(13-15-19)28-23(16-8-10-17(27)11-9-16)22(25(30)26(28)31)24(29)20-6-4-5-7-21(20)32-2/h4-15,23,29H,3H2,1-2H3/b24-22-. The molecule has 1 saturated heterocycles. The van der Waals surface area contributed by atoms with Crippen molar-refractivity contribution in [1.82, 2.24) is 0 Å². The number of amides is 1. The maximum Gasteiger partial charge on any atom is 0.300 e. The van der Waals surface area contributed by atoms with E-state index in [1.807, 2.05) is 6.92 Å². The van der Waals surface area contributed by atoms with Gasteiger partial charge in [-0.1, -0.05) is 35.9 Å². The number of aliphatic hydroxyl groups excluding tert-OH is 1. The Kier molecular flexibility index (Phi) is 6.38. The summed E-state index contributed by atoms with van der Waals surface area (Å²) in [6, 6.07) is 19.6. The van der Waals surface area contributed by atoms with Crippen molar-refractivity contribution in [3.8, 4) is 11.5 Å². The zero-order valence-electron chi connectivity index (χ0n) is 18.1. The summed E-state index contributed by atoms with van der Waals surface area (Å²) in [6.45, 7) is 2.39. The molecule has 1 aliphatic rings. The second-order valence-electron chi connectivity index (χ2n) is 7.35. The minimum absolute atomic E-state index is 0.0271. The molecule has 1 N–H and O–H groups in total. The number of Topliss-reactive ketones (excluding diaryl/α,β-unsaturated/α-hetero) is 1. The van der Waals surface area contributed by atoms with Crippen molar-refractivity contribution >= 4 is 34.7 Å². The van der Waals surface area contributed by atoms with Crippen molar-refractivity contribution in [3.63, 3.8) is 0 Å². The molecule has 1 heterocycles. The van der Waals surface area contributed by atoms with Crippen LogP contribution in [0.5, 0.6) is 11.5 Å². The number of ether oxygens (including phenoxy) is 2. The third kappa shape index (κ3) is 4.17. The summed E-state index contributed by atoms with van der Waals surface area (Å²) in [5.74, 6) is -0.797. The van der Waals surface area contributed by atoms with Crippen LogP contribution in [0.1, 0.15) is 24.1 Å². The number of hydrogen-bond acceptors (Lipinski definition) is 5. The van der Waals surface area contributed by atoms with E-state index in [2.05, 4.69) is 0 Å². The molecule has 33 heavy (non-hydrogen) atoms. The number of benzene rings is 3. The topological polar surface area (TPSA) is 76.1 Å². The lowest BCUT2D eigenvalue weighted by Crippen LogP contribution is -2.29. The van der Waals surface area contributed by atoms with Crippen molar-refractivity contribution in [2.24, 2.45) is 0 Å². The molecule has 1 amide bonds. The molecule has 0 aromatic heterocycles. The van der Waals surface area contributed by atoms with Gasteiger partial charge in [0.15, 0.2) is 0 Å². The number of anilines is 1. The van der Waals surface area contributed by atoms with Crippen LogP contribution < -0.4 is 14.4 Å². The fourth-order valence-electron chi connectivity index (χ4n) is 3.91. The summed E-state index contributed by atoms with van der Waals surface area (Å²) < 4.78 is 10.8. The van der Waals surface area contributed by atoms with Gasteiger partial charge in [-0.2, -0.15) is 0 Å². The van der Waals surface area contributed by atoms with E-state index in [-0.39, 0.29) is 11.3 Å². The average Bonchev–Trinajstić information content (AvgIpc) is 3.10. The highest BCUT2D eigenvalue weighted by Crippen LogP contribution is 2.43. The quantitative estimate of drug-likeness (QED) is 0.302. The van der Waals surface area contributed by atoms with Gasteiger partial charge < -0.3 is 14.6 Å². The highest BCUT2D eigenvalue weighted by atomic mass is 35.5. The number of ketones is 1. The molecule has 1 fully saturated rings. The van der Waals surface area contributed by atoms with Crippen LogP contribution in [0.2, 0.25) is 5.02 Å². The van der Waals surface area contributed by atoms with Gasteiger partial charge in [-0.05, 0) is 61.0 Å². The SMILES string of the molecule is CCOc1ccc(N2C(=O)C(=O)/C(=C(\O)c3ccccc3OC)C2c2ccc(Cl)cc2)cc1. The van der Waals surface area contributed by atoms with E-state index in [0.29, 0.717) is 39.9 Å². The molecular weight excluding hydrogens is 442 g/mol. The number of carbonyl (C=O) groups is 2. The Morgan fingerprint density at radius 1 is 1.00 bits per heavy atom. The molecule has 0 spiro atoms. The van der Waals surface area contributed by atoms with Gasteiger partial charge in [-0.25, -0.2) is 0 Å². The van der Waals surface area contributed by atoms with Gasteiger partial charge in [0, 0.05) is 10.7 Å². The molecule has 0 saturated carbocycles. The zero-order chi connectivity index (χ0) is 23.5. The maximum absolute atomic E-state index is 13.2. The van der Waals surface area contributed by atoms with Crippen LogP contribution in [0.4, 0.5) is 5.69 Å². The van der Waals surface area contributed by atoms with Gasteiger partial charge >= 0.3 is 0 Å². The monoisotopic (exact) mass is 463 g/mol. The van der Waals surface area contributed by atoms with Gasteiger partial charge in [-0.15, -0.1) is 0 Å². The number of methoxy groups -OCH3 is 1. The fourth-order valence-corrected chi connectivity index (χ4v) is 4.04. The maximum atomic E-state index is 13.2. The van der Waals surface area contributed by atoms with E-state index in [0.717, 1.165) is 0 Å². The molecule has 1 atom stereocenters. The molecule has 4 rings (SSSR count). The number of halogens is 1. The van der Waals surface area contributed by atoms with Crippen LogP contribution in [0, 0.1) is 0 Å². The molecule has 6 nitrogen and oxygen atoms in total. The third-order valence-electron chi connectivity index (χ3n) is 5.42. The first-order valence-electron chi connectivity index (χ1n) is 10.4. The Bertz CT molecular complexity index is 1220. The Balaban J connectivity index is 1.91. The van der Waals surface area contributed by atoms with Crippen molar-refractivity contribution in [2.75, 3.05) is 18.6 Å². The molecule has 168 valence electrons. The highest BCUT2D eigenvalue weighted by molar-refractivity contribution is 6.51. The second kappa shape index (κ2) is 9.38. The largest absolute Gasteiger partial charge is 0.507 e. The predicted molar refractivity (Wildman–Crippen MR) is 127 cm³/mol. The van der Waals surface area contributed by atoms with E-state index >= 15 is 0 Å². The van der Waals surface area contributed by atoms with Crippen molar-refractivity contribution < 1.29 is 24.2 Å². The minimum Gasteiger partial charge on any atom is -0.507 e. The minimum atomic E-state index is -0.856. The zero-order valence-corrected chi connectivity index (χ0v) is 18.9. The van der Waals surface area contributed by atoms with Gasteiger partial charge in [0.1, 0.15) is 17.3 Å². The molecule has 3 aromatic rings. The van der Waals surface area contributed by atoms with Crippen LogP contribution >= 0.6 is 11.6 Å². The predicted octanol–water partition coefficient (Wildman–Crippen LogP) is 5.37. The van der Waals surface area contributed by atoms with Crippen LogP contribution in [-0.4, -0.2) is 30.5 Å². The van der Waals surface area contributed by atoms with E-state index in [1.165, 1.54) is 12.0 Å². The van der Waals surface area contributed by atoms with Crippen molar-refractivity contribution in [3.05, 3.63) is 94.5 Å². The number of carbonyl (C=O) groups excluding carboxylic acids is 2. The molecule has 1 unspecified atom stereocenters. The van der Waals surface area contributed by atoms with Gasteiger partial charge in [0.25, 0.3) is 11.7 Å². The van der Waals surface area contributed by atoms with Crippen LogP contribution in [0.25, 0.3) is 5.76 Å². The first kappa shape index (κ1) is 22.4. The number of aliphatic hydroxyl groups is 1. The Hall–Kier alpha value is -3.77. The van der Waals surface area contributed by atoms with Gasteiger partial charge in [-0.3, -0.25) is 14.5 Å². The smallest absolute Gasteiger partial charge is 0.300 e. The Morgan fingerprint density at radius 2 is 1.67 bits per heavy atom. The van der Waals surface area contributed by atoms with Crippen LogP contribution in [-0.2, 0) is 9.59 Å². The third-order valence-corrected chi connectivity index (χ3v) is 5.67. The lowest BCUT2D eigenvalue weighted by atomic mass is 9.95. The van der Waals surface area contributed by atoms with E-state index in [4.69, 9.17) is 21.1 Å². The van der Waals surface area contributed by atoms with Crippen molar-refractivity contribution in [2.45, 2.75) is 13.0 Å². The summed E-state index contributed by atoms with van der Waals surface area (Å²) >= 11 is 6.07. The van der Waals surface area contributed by atoms with Gasteiger partial charge in [0.05, 0.1) is 30.9 Å². The highest BCUT2D eigenvalue weighted by Gasteiger charge is 2.47.